The van der Waals surface area contributed by atoms with E-state index >= 15 is 0 Å². The zero-order chi connectivity index (χ0) is 20.7. The highest BCUT2D eigenvalue weighted by Crippen LogP contribution is 2.45. The topological polar surface area (TPSA) is 23.6 Å². The van der Waals surface area contributed by atoms with Gasteiger partial charge in [-0.15, -0.1) is 0 Å². The molecule has 2 aliphatic rings. The zero-order valence-electron chi connectivity index (χ0n) is 16.3. The molecular weight excluding hydrogens is 415 g/mol. The second kappa shape index (κ2) is 7.82. The number of allylic oxidation sites excluding steroid dienone is 1. The van der Waals surface area contributed by atoms with Crippen LogP contribution in [0.4, 0.5) is 11.4 Å². The number of carbonyl (C=O) groups excluding carboxylic acids is 1. The predicted molar refractivity (Wildman–Crippen MR) is 123 cm³/mol. The molecule has 0 unspecified atom stereocenters. The van der Waals surface area contributed by atoms with Gasteiger partial charge in [-0.2, -0.15) is 0 Å². The lowest BCUT2D eigenvalue weighted by atomic mass is 10.0. The maximum absolute atomic E-state index is 13.7. The quantitative estimate of drug-likeness (QED) is 0.429. The lowest BCUT2D eigenvalue weighted by Crippen LogP contribution is -2.24. The fraction of sp³-hybridized carbons (Fsp3) is 0.160. The molecule has 30 heavy (non-hydrogen) atoms. The summed E-state index contributed by atoms with van der Waals surface area (Å²) in [6, 6.07) is 23.4. The Morgan fingerprint density at radius 2 is 1.67 bits per heavy atom. The van der Waals surface area contributed by atoms with Gasteiger partial charge in [0.05, 0.1) is 16.9 Å². The molecule has 0 atom stereocenters. The Morgan fingerprint density at radius 3 is 2.47 bits per heavy atom. The lowest BCUT2D eigenvalue weighted by Gasteiger charge is -2.22. The number of halogens is 2. The number of likely N-dealkylation sites (tertiary alicyclic amines) is 1. The van der Waals surface area contributed by atoms with E-state index in [0.29, 0.717) is 5.02 Å². The van der Waals surface area contributed by atoms with Gasteiger partial charge in [0.25, 0.3) is 5.91 Å². The van der Waals surface area contributed by atoms with Crippen molar-refractivity contribution in [3.8, 4) is 0 Å². The Bertz CT molecular complexity index is 1150. The lowest BCUT2D eigenvalue weighted by molar-refractivity contribution is -0.112. The minimum atomic E-state index is 0.0106. The van der Waals surface area contributed by atoms with Crippen LogP contribution in [0, 0.1) is 0 Å². The molecule has 3 aromatic rings. The molecule has 150 valence electrons. The Kier molecular flexibility index (Phi) is 5.01. The number of amides is 1. The Morgan fingerprint density at radius 1 is 0.867 bits per heavy atom. The molecule has 3 aromatic carbocycles. The van der Waals surface area contributed by atoms with Crippen LogP contribution in [0.3, 0.4) is 0 Å². The van der Waals surface area contributed by atoms with Gasteiger partial charge in [-0.3, -0.25) is 9.69 Å². The minimum absolute atomic E-state index is 0.0106. The molecule has 2 heterocycles. The monoisotopic (exact) mass is 434 g/mol. The third kappa shape index (κ3) is 3.38. The van der Waals surface area contributed by atoms with Crippen LogP contribution in [0.2, 0.25) is 10.0 Å². The number of anilines is 2. The van der Waals surface area contributed by atoms with E-state index in [1.54, 1.807) is 4.90 Å². The van der Waals surface area contributed by atoms with Crippen molar-refractivity contribution in [2.75, 3.05) is 11.4 Å². The Labute approximate surface area is 186 Å². The van der Waals surface area contributed by atoms with Gasteiger partial charge in [0.1, 0.15) is 0 Å². The van der Waals surface area contributed by atoms with Crippen LogP contribution in [0.15, 0.2) is 78.5 Å². The van der Waals surface area contributed by atoms with Crippen molar-refractivity contribution in [2.24, 2.45) is 0 Å². The van der Waals surface area contributed by atoms with Crippen molar-refractivity contribution in [3.05, 3.63) is 99.7 Å². The normalized spacial score (nSPS) is 18.3. The molecule has 0 radical (unpaired) electrons. The first-order valence-electron chi connectivity index (χ1n) is 10.0. The van der Waals surface area contributed by atoms with Gasteiger partial charge < -0.3 is 4.90 Å². The minimum Gasteiger partial charge on any atom is -0.370 e. The number of para-hydroxylation sites is 1. The summed E-state index contributed by atoms with van der Waals surface area (Å²) >= 11 is 12.3. The Balaban J connectivity index is 1.58. The standard InChI is InChI=1S/C25H20Cl2N2O/c26-18-12-10-17(11-13-18)16-28-14-4-9-23(28)24-21-7-1-2-8-22(21)29(25(24)30)20-6-3-5-19(27)15-20/h1-3,5-8,10-13,15H,4,9,14,16H2/b24-23-. The average molecular weight is 435 g/mol. The summed E-state index contributed by atoms with van der Waals surface area (Å²) < 4.78 is 0. The maximum atomic E-state index is 13.7. The van der Waals surface area contributed by atoms with Crippen molar-refractivity contribution in [3.63, 3.8) is 0 Å². The Hall–Kier alpha value is -2.75. The highest BCUT2D eigenvalue weighted by molar-refractivity contribution is 6.36. The molecule has 5 rings (SSSR count). The molecule has 2 aliphatic heterocycles. The second-order valence-electron chi connectivity index (χ2n) is 7.61. The first-order valence-corrected chi connectivity index (χ1v) is 10.8. The predicted octanol–water partition coefficient (Wildman–Crippen LogP) is 6.68. The molecular formula is C25H20Cl2N2O. The van der Waals surface area contributed by atoms with Gasteiger partial charge >= 0.3 is 0 Å². The van der Waals surface area contributed by atoms with Crippen molar-refractivity contribution in [1.82, 2.24) is 4.90 Å². The number of benzene rings is 3. The largest absolute Gasteiger partial charge is 0.370 e. The van der Waals surface area contributed by atoms with E-state index in [9.17, 15) is 4.79 Å². The number of fused-ring (bicyclic) bond motifs is 1. The highest BCUT2D eigenvalue weighted by atomic mass is 35.5. The molecule has 0 spiro atoms. The van der Waals surface area contributed by atoms with Crippen LogP contribution in [0.5, 0.6) is 0 Å². The molecule has 1 amide bonds. The molecule has 0 aromatic heterocycles. The van der Waals surface area contributed by atoms with E-state index in [1.165, 1.54) is 5.56 Å². The van der Waals surface area contributed by atoms with Crippen LogP contribution in [0.1, 0.15) is 24.0 Å². The van der Waals surface area contributed by atoms with E-state index in [-0.39, 0.29) is 5.91 Å². The maximum Gasteiger partial charge on any atom is 0.265 e. The summed E-state index contributed by atoms with van der Waals surface area (Å²) in [7, 11) is 0. The number of nitrogens with zero attached hydrogens (tertiary/aromatic N) is 2. The van der Waals surface area contributed by atoms with E-state index in [0.717, 1.165) is 59.2 Å². The average Bonchev–Trinajstić information content (AvgIpc) is 3.30. The van der Waals surface area contributed by atoms with Crippen LogP contribution in [-0.4, -0.2) is 17.4 Å². The summed E-state index contributed by atoms with van der Waals surface area (Å²) in [6.45, 7) is 1.71. The zero-order valence-corrected chi connectivity index (χ0v) is 17.8. The van der Waals surface area contributed by atoms with Gasteiger partial charge in [0, 0.05) is 34.4 Å². The third-order valence-corrected chi connectivity index (χ3v) is 6.18. The molecule has 0 N–H and O–H groups in total. The molecule has 5 heteroatoms. The molecule has 0 saturated carbocycles. The number of hydrogen-bond donors (Lipinski definition) is 0. The van der Waals surface area contributed by atoms with Crippen molar-refractivity contribution < 1.29 is 4.79 Å². The second-order valence-corrected chi connectivity index (χ2v) is 8.48. The first-order chi connectivity index (χ1) is 14.6. The number of rotatable bonds is 3. The summed E-state index contributed by atoms with van der Waals surface area (Å²) in [5, 5.41) is 1.35. The van der Waals surface area contributed by atoms with Crippen molar-refractivity contribution >= 4 is 46.1 Å². The van der Waals surface area contributed by atoms with Crippen molar-refractivity contribution in [1.29, 1.82) is 0 Å². The van der Waals surface area contributed by atoms with Gasteiger partial charge in [-0.05, 0) is 54.8 Å². The smallest absolute Gasteiger partial charge is 0.265 e. The van der Waals surface area contributed by atoms with Crippen LogP contribution in [0.25, 0.3) is 5.57 Å². The van der Waals surface area contributed by atoms with Gasteiger partial charge in [-0.1, -0.05) is 59.6 Å². The number of carbonyl (C=O) groups is 1. The summed E-state index contributed by atoms with van der Waals surface area (Å²) in [5.74, 6) is 0.0106. The van der Waals surface area contributed by atoms with Crippen molar-refractivity contribution in [2.45, 2.75) is 19.4 Å². The third-order valence-electron chi connectivity index (χ3n) is 5.70. The molecule has 0 aliphatic carbocycles. The fourth-order valence-electron chi connectivity index (χ4n) is 4.37. The number of hydrogen-bond acceptors (Lipinski definition) is 2. The molecule has 3 nitrogen and oxygen atoms in total. The van der Waals surface area contributed by atoms with E-state index in [4.69, 9.17) is 23.2 Å². The summed E-state index contributed by atoms with van der Waals surface area (Å²) in [5.41, 5.74) is 5.79. The summed E-state index contributed by atoms with van der Waals surface area (Å²) in [6.07, 6.45) is 1.94. The van der Waals surface area contributed by atoms with Crippen LogP contribution >= 0.6 is 23.2 Å². The van der Waals surface area contributed by atoms with Crippen LogP contribution < -0.4 is 4.90 Å². The molecule has 0 bridgehead atoms. The summed E-state index contributed by atoms with van der Waals surface area (Å²) in [4.78, 5) is 17.8. The fourth-order valence-corrected chi connectivity index (χ4v) is 4.68. The SMILES string of the molecule is O=C1/C(=C2/CCCN2Cc2ccc(Cl)cc2)c2ccccc2N1c1cccc(Cl)c1. The van der Waals surface area contributed by atoms with E-state index in [2.05, 4.69) is 4.90 Å². The van der Waals surface area contributed by atoms with E-state index in [1.807, 2.05) is 72.8 Å². The van der Waals surface area contributed by atoms with Gasteiger partial charge in [0.15, 0.2) is 0 Å². The molecule has 1 saturated heterocycles. The first kappa shape index (κ1) is 19.2. The highest BCUT2D eigenvalue weighted by Gasteiger charge is 2.37. The van der Waals surface area contributed by atoms with E-state index < -0.39 is 0 Å². The van der Waals surface area contributed by atoms with Crippen LogP contribution in [-0.2, 0) is 11.3 Å². The van der Waals surface area contributed by atoms with Gasteiger partial charge in [0.2, 0.25) is 0 Å². The molecule has 1 fully saturated rings. The van der Waals surface area contributed by atoms with Gasteiger partial charge in [-0.25, -0.2) is 0 Å².